The Bertz CT molecular complexity index is 176. The lowest BCUT2D eigenvalue weighted by Gasteiger charge is -2.37. The summed E-state index contributed by atoms with van der Waals surface area (Å²) in [4.78, 5) is 0. The highest BCUT2D eigenvalue weighted by molar-refractivity contribution is 4.88. The van der Waals surface area contributed by atoms with Gasteiger partial charge in [0, 0.05) is 6.04 Å². The van der Waals surface area contributed by atoms with Crippen molar-refractivity contribution in [1.82, 2.24) is 5.32 Å². The van der Waals surface area contributed by atoms with Crippen LogP contribution in [0.2, 0.25) is 0 Å². The maximum atomic E-state index is 3.89. The van der Waals surface area contributed by atoms with Crippen LogP contribution in [0.4, 0.5) is 0 Å². The van der Waals surface area contributed by atoms with Crippen LogP contribution < -0.4 is 5.32 Å². The van der Waals surface area contributed by atoms with Crippen LogP contribution in [0.25, 0.3) is 0 Å². The van der Waals surface area contributed by atoms with E-state index in [1.54, 1.807) is 0 Å². The smallest absolute Gasteiger partial charge is 0.0132 e. The van der Waals surface area contributed by atoms with E-state index in [1.165, 1.54) is 32.1 Å². The van der Waals surface area contributed by atoms with Gasteiger partial charge < -0.3 is 5.32 Å². The van der Waals surface area contributed by atoms with Crippen molar-refractivity contribution in [3.8, 4) is 0 Å². The Morgan fingerprint density at radius 1 is 1.33 bits per heavy atom. The van der Waals surface area contributed by atoms with Gasteiger partial charge in [0.15, 0.2) is 0 Å². The molecule has 1 rings (SSSR count). The maximum Gasteiger partial charge on any atom is 0.0132 e. The Morgan fingerprint density at radius 3 is 2.67 bits per heavy atom. The van der Waals surface area contributed by atoms with Gasteiger partial charge in [0.05, 0.1) is 0 Å². The van der Waals surface area contributed by atoms with Gasteiger partial charge >= 0.3 is 0 Å². The SMILES string of the molecule is C=CCC(NCC)C1CCCCC1CC. The minimum atomic E-state index is 0.678. The van der Waals surface area contributed by atoms with Crippen LogP contribution in [0.5, 0.6) is 0 Å². The van der Waals surface area contributed by atoms with Gasteiger partial charge in [0.25, 0.3) is 0 Å². The largest absolute Gasteiger partial charge is 0.314 e. The molecule has 1 aliphatic carbocycles. The molecule has 3 atom stereocenters. The average Bonchev–Trinajstić information content (AvgIpc) is 2.29. The second-order valence-corrected chi connectivity index (χ2v) is 4.81. The monoisotopic (exact) mass is 209 g/mol. The van der Waals surface area contributed by atoms with Gasteiger partial charge in [-0.05, 0) is 31.2 Å². The number of rotatable bonds is 6. The van der Waals surface area contributed by atoms with Crippen LogP contribution in [0.3, 0.4) is 0 Å². The Kier molecular flexibility index (Phi) is 6.00. The molecule has 0 aromatic rings. The Hall–Kier alpha value is -0.300. The van der Waals surface area contributed by atoms with Crippen LogP contribution in [-0.2, 0) is 0 Å². The molecule has 3 unspecified atom stereocenters. The van der Waals surface area contributed by atoms with Crippen molar-refractivity contribution in [2.45, 2.75) is 58.4 Å². The van der Waals surface area contributed by atoms with Crippen LogP contribution in [0, 0.1) is 11.8 Å². The standard InChI is InChI=1S/C14H27N/c1-4-9-14(15-6-3)13-11-8-7-10-12(13)5-2/h4,12-15H,1,5-11H2,2-3H3. The van der Waals surface area contributed by atoms with E-state index in [1.807, 2.05) is 0 Å². The zero-order valence-electron chi connectivity index (χ0n) is 10.5. The van der Waals surface area contributed by atoms with Crippen molar-refractivity contribution >= 4 is 0 Å². The van der Waals surface area contributed by atoms with Gasteiger partial charge in [0.2, 0.25) is 0 Å². The molecule has 0 spiro atoms. The van der Waals surface area contributed by atoms with E-state index in [-0.39, 0.29) is 0 Å². The van der Waals surface area contributed by atoms with Crippen molar-refractivity contribution in [3.63, 3.8) is 0 Å². The third-order valence-corrected chi connectivity index (χ3v) is 3.90. The quantitative estimate of drug-likeness (QED) is 0.657. The molecule has 0 amide bonds. The van der Waals surface area contributed by atoms with Crippen molar-refractivity contribution in [2.75, 3.05) is 6.54 Å². The summed E-state index contributed by atoms with van der Waals surface area (Å²) in [6.07, 6.45) is 10.3. The maximum absolute atomic E-state index is 3.89. The summed E-state index contributed by atoms with van der Waals surface area (Å²) in [5, 5.41) is 3.65. The van der Waals surface area contributed by atoms with Crippen LogP contribution in [-0.4, -0.2) is 12.6 Å². The first kappa shape index (κ1) is 12.8. The molecule has 1 N–H and O–H groups in total. The lowest BCUT2D eigenvalue weighted by Crippen LogP contribution is -2.40. The topological polar surface area (TPSA) is 12.0 Å². The Morgan fingerprint density at radius 2 is 2.07 bits per heavy atom. The van der Waals surface area contributed by atoms with Gasteiger partial charge in [-0.25, -0.2) is 0 Å². The molecule has 0 aromatic heterocycles. The molecule has 0 radical (unpaired) electrons. The number of hydrogen-bond acceptors (Lipinski definition) is 1. The minimum absolute atomic E-state index is 0.678. The van der Waals surface area contributed by atoms with Gasteiger partial charge in [-0.1, -0.05) is 45.6 Å². The summed E-state index contributed by atoms with van der Waals surface area (Å²) in [6.45, 7) is 9.53. The van der Waals surface area contributed by atoms with E-state index in [9.17, 15) is 0 Å². The molecule has 0 aromatic carbocycles. The molecule has 0 heterocycles. The Balaban J connectivity index is 2.56. The molecule has 1 heteroatoms. The zero-order chi connectivity index (χ0) is 11.1. The fourth-order valence-corrected chi connectivity index (χ4v) is 3.12. The minimum Gasteiger partial charge on any atom is -0.314 e. The lowest BCUT2D eigenvalue weighted by atomic mass is 9.73. The van der Waals surface area contributed by atoms with Gasteiger partial charge in [-0.3, -0.25) is 0 Å². The highest BCUT2D eigenvalue weighted by Crippen LogP contribution is 2.35. The van der Waals surface area contributed by atoms with Crippen LogP contribution in [0.1, 0.15) is 52.4 Å². The van der Waals surface area contributed by atoms with Crippen LogP contribution >= 0.6 is 0 Å². The van der Waals surface area contributed by atoms with Crippen molar-refractivity contribution in [3.05, 3.63) is 12.7 Å². The molecular formula is C14H27N. The summed E-state index contributed by atoms with van der Waals surface area (Å²) in [6, 6.07) is 0.678. The van der Waals surface area contributed by atoms with Gasteiger partial charge in [0.1, 0.15) is 0 Å². The van der Waals surface area contributed by atoms with Gasteiger partial charge in [-0.15, -0.1) is 6.58 Å². The molecule has 0 bridgehead atoms. The van der Waals surface area contributed by atoms with E-state index < -0.39 is 0 Å². The Labute approximate surface area is 95.3 Å². The highest BCUT2D eigenvalue weighted by Gasteiger charge is 2.29. The first-order valence-electron chi connectivity index (χ1n) is 6.67. The second kappa shape index (κ2) is 7.05. The molecule has 1 saturated carbocycles. The first-order chi connectivity index (χ1) is 7.33. The van der Waals surface area contributed by atoms with E-state index in [2.05, 4.69) is 31.8 Å². The zero-order valence-corrected chi connectivity index (χ0v) is 10.5. The third kappa shape index (κ3) is 3.64. The molecule has 15 heavy (non-hydrogen) atoms. The van der Waals surface area contributed by atoms with E-state index in [4.69, 9.17) is 0 Å². The summed E-state index contributed by atoms with van der Waals surface area (Å²) in [5.41, 5.74) is 0. The highest BCUT2D eigenvalue weighted by atomic mass is 14.9. The summed E-state index contributed by atoms with van der Waals surface area (Å²) in [5.74, 6) is 1.84. The van der Waals surface area contributed by atoms with E-state index in [0.717, 1.165) is 24.8 Å². The summed E-state index contributed by atoms with van der Waals surface area (Å²) in [7, 11) is 0. The van der Waals surface area contributed by atoms with E-state index in [0.29, 0.717) is 6.04 Å². The van der Waals surface area contributed by atoms with Crippen molar-refractivity contribution in [2.24, 2.45) is 11.8 Å². The average molecular weight is 209 g/mol. The molecular weight excluding hydrogens is 182 g/mol. The molecule has 0 saturated heterocycles. The molecule has 88 valence electrons. The molecule has 0 aliphatic heterocycles. The van der Waals surface area contributed by atoms with E-state index >= 15 is 0 Å². The predicted molar refractivity (Wildman–Crippen MR) is 68.0 cm³/mol. The summed E-state index contributed by atoms with van der Waals surface area (Å²) >= 11 is 0. The number of nitrogens with one attached hydrogen (secondary N) is 1. The van der Waals surface area contributed by atoms with Gasteiger partial charge in [-0.2, -0.15) is 0 Å². The van der Waals surface area contributed by atoms with Crippen LogP contribution in [0.15, 0.2) is 12.7 Å². The van der Waals surface area contributed by atoms with Crippen molar-refractivity contribution < 1.29 is 0 Å². The lowest BCUT2D eigenvalue weighted by molar-refractivity contribution is 0.177. The second-order valence-electron chi connectivity index (χ2n) is 4.81. The number of hydrogen-bond donors (Lipinski definition) is 1. The normalized spacial score (nSPS) is 28.7. The summed E-state index contributed by atoms with van der Waals surface area (Å²) < 4.78 is 0. The molecule has 1 fully saturated rings. The molecule has 1 nitrogen and oxygen atoms in total. The predicted octanol–water partition coefficient (Wildman–Crippen LogP) is 3.76. The van der Waals surface area contributed by atoms with Crippen molar-refractivity contribution in [1.29, 1.82) is 0 Å². The molecule has 1 aliphatic rings. The third-order valence-electron chi connectivity index (χ3n) is 3.90. The fourth-order valence-electron chi connectivity index (χ4n) is 3.12. The fraction of sp³-hybridized carbons (Fsp3) is 0.857. The first-order valence-corrected chi connectivity index (χ1v) is 6.67.